The summed E-state index contributed by atoms with van der Waals surface area (Å²) in [5.74, 6) is -0.0857. The van der Waals surface area contributed by atoms with Crippen molar-refractivity contribution >= 4 is 11.7 Å². The quantitative estimate of drug-likeness (QED) is 0.209. The van der Waals surface area contributed by atoms with Crippen LogP contribution < -0.4 is 11.1 Å². The van der Waals surface area contributed by atoms with Crippen molar-refractivity contribution in [3.63, 3.8) is 0 Å². The highest BCUT2D eigenvalue weighted by Gasteiger charge is 2.04. The van der Waals surface area contributed by atoms with Crippen molar-refractivity contribution in [1.82, 2.24) is 15.3 Å². The maximum Gasteiger partial charge on any atom is 0.254 e. The number of nitrogens with two attached hydrogens (primary N) is 1. The zero-order valence-corrected chi connectivity index (χ0v) is 8.63. The Balaban J connectivity index is 2.26. The third-order valence-corrected chi connectivity index (χ3v) is 1.85. The number of nitrogens with one attached hydrogen (secondary N) is 1. The number of amidine groups is 1. The van der Waals surface area contributed by atoms with E-state index in [0.29, 0.717) is 24.9 Å². The lowest BCUT2D eigenvalue weighted by molar-refractivity contribution is 0.0952. The zero-order valence-electron chi connectivity index (χ0n) is 8.63. The number of hydrogen-bond donors (Lipinski definition) is 3. The number of hydrogen-bond acceptors (Lipinski definition) is 5. The predicted octanol–water partition coefficient (Wildman–Crippen LogP) is -0.267. The minimum absolute atomic E-state index is 0.150. The number of nitrogens with zero attached hydrogens (tertiary/aromatic N) is 3. The number of aromatic nitrogens is 2. The van der Waals surface area contributed by atoms with Crippen LogP contribution in [-0.2, 0) is 0 Å². The van der Waals surface area contributed by atoms with Gasteiger partial charge >= 0.3 is 0 Å². The Morgan fingerprint density at radius 3 is 2.81 bits per heavy atom. The van der Waals surface area contributed by atoms with Crippen LogP contribution in [0.1, 0.15) is 23.2 Å². The Labute approximate surface area is 92.4 Å². The van der Waals surface area contributed by atoms with E-state index in [1.165, 1.54) is 18.7 Å². The lowest BCUT2D eigenvalue weighted by Crippen LogP contribution is -2.25. The summed E-state index contributed by atoms with van der Waals surface area (Å²) >= 11 is 0. The second kappa shape index (κ2) is 6.33. The lowest BCUT2D eigenvalue weighted by atomic mass is 10.2. The number of carbonyl (C=O) groups is 1. The molecular formula is C9H13N5O2. The van der Waals surface area contributed by atoms with E-state index in [2.05, 4.69) is 20.4 Å². The molecule has 1 aromatic heterocycles. The van der Waals surface area contributed by atoms with Gasteiger partial charge in [0.05, 0.1) is 5.56 Å². The van der Waals surface area contributed by atoms with Crippen LogP contribution in [0.25, 0.3) is 0 Å². The fourth-order valence-corrected chi connectivity index (χ4v) is 1.04. The molecule has 4 N–H and O–H groups in total. The Morgan fingerprint density at radius 1 is 1.50 bits per heavy atom. The van der Waals surface area contributed by atoms with E-state index in [0.717, 1.165) is 0 Å². The summed E-state index contributed by atoms with van der Waals surface area (Å²) in [5, 5.41) is 13.8. The molecule has 1 heterocycles. The van der Waals surface area contributed by atoms with Crippen LogP contribution >= 0.6 is 0 Å². The van der Waals surface area contributed by atoms with E-state index >= 15 is 0 Å². The molecule has 7 nitrogen and oxygen atoms in total. The minimum atomic E-state index is -0.236. The van der Waals surface area contributed by atoms with Gasteiger partial charge in [-0.1, -0.05) is 5.16 Å². The smallest absolute Gasteiger partial charge is 0.254 e. The van der Waals surface area contributed by atoms with Gasteiger partial charge in [0.2, 0.25) is 0 Å². The van der Waals surface area contributed by atoms with Crippen molar-refractivity contribution in [2.45, 2.75) is 12.8 Å². The fraction of sp³-hybridized carbons (Fsp3) is 0.333. The van der Waals surface area contributed by atoms with Crippen molar-refractivity contribution in [2.24, 2.45) is 10.9 Å². The van der Waals surface area contributed by atoms with Gasteiger partial charge in [0, 0.05) is 25.4 Å². The van der Waals surface area contributed by atoms with Gasteiger partial charge in [-0.3, -0.25) is 4.79 Å². The van der Waals surface area contributed by atoms with Crippen molar-refractivity contribution < 1.29 is 10.0 Å². The monoisotopic (exact) mass is 223 g/mol. The molecule has 16 heavy (non-hydrogen) atoms. The second-order valence-corrected chi connectivity index (χ2v) is 3.08. The molecule has 0 spiro atoms. The fourth-order valence-electron chi connectivity index (χ4n) is 1.04. The van der Waals surface area contributed by atoms with Crippen LogP contribution in [0.3, 0.4) is 0 Å². The molecule has 0 unspecified atom stereocenters. The SMILES string of the molecule is NC(CCCNC(=O)c1cncnc1)=NO. The molecule has 0 saturated carbocycles. The van der Waals surface area contributed by atoms with Gasteiger partial charge in [-0.25, -0.2) is 9.97 Å². The summed E-state index contributed by atoms with van der Waals surface area (Å²) in [6, 6.07) is 0. The zero-order chi connectivity index (χ0) is 11.8. The standard InChI is InChI=1S/C9H13N5O2/c10-8(14-16)2-1-3-13-9(15)7-4-11-6-12-5-7/h4-6,16H,1-3H2,(H2,10,14)(H,13,15). The molecule has 0 bridgehead atoms. The molecule has 0 atom stereocenters. The van der Waals surface area contributed by atoms with Gasteiger partial charge in [-0.15, -0.1) is 0 Å². The topological polar surface area (TPSA) is 113 Å². The van der Waals surface area contributed by atoms with Crippen LogP contribution in [0.4, 0.5) is 0 Å². The molecule has 0 aliphatic heterocycles. The maximum absolute atomic E-state index is 11.5. The Kier molecular flexibility index (Phi) is 4.71. The summed E-state index contributed by atoms with van der Waals surface area (Å²) in [6.07, 6.45) is 5.27. The van der Waals surface area contributed by atoms with E-state index in [-0.39, 0.29) is 11.7 Å². The number of carbonyl (C=O) groups excluding carboxylic acids is 1. The predicted molar refractivity (Wildman–Crippen MR) is 57.0 cm³/mol. The second-order valence-electron chi connectivity index (χ2n) is 3.08. The molecule has 1 amide bonds. The highest BCUT2D eigenvalue weighted by Crippen LogP contribution is 1.93. The van der Waals surface area contributed by atoms with Gasteiger partial charge in [-0.05, 0) is 6.42 Å². The van der Waals surface area contributed by atoms with Gasteiger partial charge in [0.15, 0.2) is 0 Å². The molecule has 86 valence electrons. The minimum Gasteiger partial charge on any atom is -0.409 e. The van der Waals surface area contributed by atoms with E-state index in [1.807, 2.05) is 0 Å². The van der Waals surface area contributed by atoms with E-state index < -0.39 is 0 Å². The summed E-state index contributed by atoms with van der Waals surface area (Å²) in [4.78, 5) is 18.9. The van der Waals surface area contributed by atoms with Crippen molar-refractivity contribution in [3.8, 4) is 0 Å². The van der Waals surface area contributed by atoms with Gasteiger partial charge < -0.3 is 16.3 Å². The normalized spacial score (nSPS) is 11.1. The van der Waals surface area contributed by atoms with Crippen molar-refractivity contribution in [1.29, 1.82) is 0 Å². The van der Waals surface area contributed by atoms with Crippen LogP contribution in [0.15, 0.2) is 23.9 Å². The van der Waals surface area contributed by atoms with E-state index in [9.17, 15) is 4.79 Å². The highest BCUT2D eigenvalue weighted by molar-refractivity contribution is 5.93. The van der Waals surface area contributed by atoms with Crippen LogP contribution in [0.5, 0.6) is 0 Å². The molecule has 0 aliphatic rings. The number of amides is 1. The van der Waals surface area contributed by atoms with Crippen LogP contribution in [-0.4, -0.2) is 33.5 Å². The van der Waals surface area contributed by atoms with E-state index in [4.69, 9.17) is 10.9 Å². The molecule has 0 radical (unpaired) electrons. The van der Waals surface area contributed by atoms with Crippen LogP contribution in [0, 0.1) is 0 Å². The van der Waals surface area contributed by atoms with Gasteiger partial charge in [0.25, 0.3) is 5.91 Å². The summed E-state index contributed by atoms with van der Waals surface area (Å²) < 4.78 is 0. The molecule has 7 heteroatoms. The summed E-state index contributed by atoms with van der Waals surface area (Å²) in [7, 11) is 0. The first-order valence-corrected chi connectivity index (χ1v) is 4.73. The first-order chi connectivity index (χ1) is 7.74. The first-order valence-electron chi connectivity index (χ1n) is 4.73. The molecule has 1 rings (SSSR count). The third kappa shape index (κ3) is 3.91. The maximum atomic E-state index is 11.5. The molecule has 1 aromatic rings. The molecule has 0 aliphatic carbocycles. The Bertz CT molecular complexity index is 365. The van der Waals surface area contributed by atoms with Gasteiger partial charge in [-0.2, -0.15) is 0 Å². The van der Waals surface area contributed by atoms with Crippen molar-refractivity contribution in [2.75, 3.05) is 6.54 Å². The van der Waals surface area contributed by atoms with Crippen molar-refractivity contribution in [3.05, 3.63) is 24.3 Å². The lowest BCUT2D eigenvalue weighted by Gasteiger charge is -2.03. The molecular weight excluding hydrogens is 210 g/mol. The van der Waals surface area contributed by atoms with Gasteiger partial charge in [0.1, 0.15) is 12.2 Å². The Morgan fingerprint density at radius 2 is 2.19 bits per heavy atom. The largest absolute Gasteiger partial charge is 0.409 e. The van der Waals surface area contributed by atoms with Crippen LogP contribution in [0.2, 0.25) is 0 Å². The van der Waals surface area contributed by atoms with E-state index in [1.54, 1.807) is 0 Å². The molecule has 0 aromatic carbocycles. The summed E-state index contributed by atoms with van der Waals surface area (Å²) in [6.45, 7) is 0.448. The average molecular weight is 223 g/mol. The highest BCUT2D eigenvalue weighted by atomic mass is 16.4. The third-order valence-electron chi connectivity index (χ3n) is 1.85. The number of oxime groups is 1. The molecule has 0 saturated heterocycles. The summed E-state index contributed by atoms with van der Waals surface area (Å²) in [5.41, 5.74) is 5.68. The average Bonchev–Trinajstić information content (AvgIpc) is 2.35. The Hall–Kier alpha value is -2.18. The first kappa shape index (κ1) is 11.9. The molecule has 0 fully saturated rings. The number of rotatable bonds is 5.